The molecule has 0 aromatic heterocycles. The van der Waals surface area contributed by atoms with Crippen molar-refractivity contribution in [2.24, 2.45) is 5.73 Å². The maximum atomic E-state index is 8.42. The zero-order chi connectivity index (χ0) is 5.70. The molecule has 0 aliphatic rings. The van der Waals surface area contributed by atoms with Crippen LogP contribution in [-0.2, 0) is 0 Å². The predicted octanol–water partition coefficient (Wildman–Crippen LogP) is -0.780. The highest BCUT2D eigenvalue weighted by molar-refractivity contribution is 4.81. The molecular formula is C4H8N2O. The summed E-state index contributed by atoms with van der Waals surface area (Å²) in [6, 6.07) is 1.64. The molecule has 0 rings (SSSR count). The summed E-state index contributed by atoms with van der Waals surface area (Å²) in [6.45, 7) is 0.370. The molecule has 0 saturated carbocycles. The first kappa shape index (κ1) is 6.41. The fourth-order valence-corrected chi connectivity index (χ4v) is 0.222. The van der Waals surface area contributed by atoms with Crippen molar-refractivity contribution in [2.75, 3.05) is 6.54 Å². The maximum absolute atomic E-state index is 8.42. The minimum atomic E-state index is -0.870. The van der Waals surface area contributed by atoms with Crippen molar-refractivity contribution >= 4 is 0 Å². The molecule has 1 unspecified atom stereocenters. The molecule has 0 bridgehead atoms. The van der Waals surface area contributed by atoms with Crippen molar-refractivity contribution in [1.82, 2.24) is 0 Å². The number of aliphatic hydroxyl groups excluding tert-OH is 1. The number of aliphatic hydroxyl groups is 1. The second kappa shape index (κ2) is 3.59. The molecule has 40 valence electrons. The Morgan fingerprint density at radius 1 is 1.86 bits per heavy atom. The zero-order valence-corrected chi connectivity index (χ0v) is 3.96. The van der Waals surface area contributed by atoms with Crippen molar-refractivity contribution in [1.29, 1.82) is 5.26 Å². The first-order valence-corrected chi connectivity index (χ1v) is 2.09. The molecule has 3 nitrogen and oxygen atoms in total. The van der Waals surface area contributed by atoms with Crippen LogP contribution in [0, 0.1) is 11.3 Å². The van der Waals surface area contributed by atoms with Crippen molar-refractivity contribution < 1.29 is 5.11 Å². The highest BCUT2D eigenvalue weighted by atomic mass is 16.3. The van der Waals surface area contributed by atoms with E-state index in [2.05, 4.69) is 0 Å². The van der Waals surface area contributed by atoms with Crippen LogP contribution in [-0.4, -0.2) is 17.8 Å². The topological polar surface area (TPSA) is 70.0 Å². The van der Waals surface area contributed by atoms with E-state index in [9.17, 15) is 0 Å². The molecule has 0 aromatic rings. The second-order valence-corrected chi connectivity index (χ2v) is 1.22. The third-order valence-electron chi connectivity index (χ3n) is 0.589. The molecule has 0 heterocycles. The van der Waals surface area contributed by atoms with E-state index in [0.29, 0.717) is 13.0 Å². The first-order valence-electron chi connectivity index (χ1n) is 2.09. The number of nitrogens with zero attached hydrogens (tertiary/aromatic N) is 1. The van der Waals surface area contributed by atoms with Crippen molar-refractivity contribution in [3.8, 4) is 6.07 Å². The second-order valence-electron chi connectivity index (χ2n) is 1.22. The monoisotopic (exact) mass is 100 g/mol. The molecular weight excluding hydrogens is 92.1 g/mol. The molecule has 0 amide bonds. The highest BCUT2D eigenvalue weighted by Gasteiger charge is 1.95. The Kier molecular flexibility index (Phi) is 3.29. The average molecular weight is 100 g/mol. The number of hydrogen-bond donors (Lipinski definition) is 2. The van der Waals surface area contributed by atoms with E-state index in [1.54, 1.807) is 6.07 Å². The van der Waals surface area contributed by atoms with Crippen LogP contribution in [0.1, 0.15) is 6.42 Å². The Hall–Kier alpha value is -0.590. The molecule has 3 N–H and O–H groups in total. The van der Waals surface area contributed by atoms with Crippen LogP contribution in [0.5, 0.6) is 0 Å². The van der Waals surface area contributed by atoms with Gasteiger partial charge in [0.15, 0.2) is 0 Å². The van der Waals surface area contributed by atoms with Crippen LogP contribution in [0.25, 0.3) is 0 Å². The van der Waals surface area contributed by atoms with E-state index in [-0.39, 0.29) is 0 Å². The van der Waals surface area contributed by atoms with E-state index < -0.39 is 6.10 Å². The predicted molar refractivity (Wildman–Crippen MR) is 25.3 cm³/mol. The number of nitriles is 1. The van der Waals surface area contributed by atoms with Gasteiger partial charge in [-0.05, 0) is 13.0 Å². The lowest BCUT2D eigenvalue weighted by atomic mass is 10.3. The Morgan fingerprint density at radius 2 is 2.43 bits per heavy atom. The SMILES string of the molecule is N#CC(O)CCN. The van der Waals surface area contributed by atoms with Gasteiger partial charge in [0.05, 0.1) is 6.07 Å². The quantitative estimate of drug-likeness (QED) is 0.447. The number of hydrogen-bond acceptors (Lipinski definition) is 3. The lowest BCUT2D eigenvalue weighted by Gasteiger charge is -1.92. The molecule has 0 radical (unpaired) electrons. The van der Waals surface area contributed by atoms with Crippen LogP contribution in [0.3, 0.4) is 0 Å². The Balaban J connectivity index is 3.04. The Bertz CT molecular complexity index is 76.2. The van der Waals surface area contributed by atoms with Crippen LogP contribution >= 0.6 is 0 Å². The number of rotatable bonds is 2. The third-order valence-corrected chi connectivity index (χ3v) is 0.589. The van der Waals surface area contributed by atoms with Crippen LogP contribution in [0.15, 0.2) is 0 Å². The third kappa shape index (κ3) is 3.23. The van der Waals surface area contributed by atoms with E-state index in [1.807, 2.05) is 0 Å². The summed E-state index contributed by atoms with van der Waals surface area (Å²) in [6.07, 6.45) is -0.499. The van der Waals surface area contributed by atoms with Gasteiger partial charge in [0.2, 0.25) is 0 Å². The minimum Gasteiger partial charge on any atom is -0.378 e. The smallest absolute Gasteiger partial charge is 0.141 e. The average Bonchev–Trinajstić information content (AvgIpc) is 1.68. The largest absolute Gasteiger partial charge is 0.378 e. The van der Waals surface area contributed by atoms with Crippen molar-refractivity contribution in [2.45, 2.75) is 12.5 Å². The van der Waals surface area contributed by atoms with Crippen LogP contribution in [0.2, 0.25) is 0 Å². The van der Waals surface area contributed by atoms with E-state index in [4.69, 9.17) is 16.1 Å². The summed E-state index contributed by atoms with van der Waals surface area (Å²) in [7, 11) is 0. The molecule has 0 aromatic carbocycles. The molecule has 7 heavy (non-hydrogen) atoms. The molecule has 0 fully saturated rings. The van der Waals surface area contributed by atoms with Gasteiger partial charge in [-0.1, -0.05) is 0 Å². The maximum Gasteiger partial charge on any atom is 0.141 e. The molecule has 1 atom stereocenters. The summed E-state index contributed by atoms with van der Waals surface area (Å²) < 4.78 is 0. The summed E-state index contributed by atoms with van der Waals surface area (Å²) in [5.74, 6) is 0. The van der Waals surface area contributed by atoms with Gasteiger partial charge in [-0.15, -0.1) is 0 Å². The van der Waals surface area contributed by atoms with Crippen molar-refractivity contribution in [3.63, 3.8) is 0 Å². The number of nitrogens with two attached hydrogens (primary N) is 1. The first-order chi connectivity index (χ1) is 3.31. The van der Waals surface area contributed by atoms with Gasteiger partial charge < -0.3 is 10.8 Å². The molecule has 0 aliphatic carbocycles. The molecule has 0 aliphatic heterocycles. The molecule has 3 heteroatoms. The molecule has 0 saturated heterocycles. The Labute approximate surface area is 42.4 Å². The van der Waals surface area contributed by atoms with E-state index >= 15 is 0 Å². The lowest BCUT2D eigenvalue weighted by Crippen LogP contribution is -2.10. The van der Waals surface area contributed by atoms with Gasteiger partial charge in [-0.2, -0.15) is 5.26 Å². The highest BCUT2D eigenvalue weighted by Crippen LogP contribution is 1.82. The summed E-state index contributed by atoms with van der Waals surface area (Å²) >= 11 is 0. The van der Waals surface area contributed by atoms with E-state index in [1.165, 1.54) is 0 Å². The lowest BCUT2D eigenvalue weighted by molar-refractivity contribution is 0.222. The fraction of sp³-hybridized carbons (Fsp3) is 0.750. The summed E-state index contributed by atoms with van der Waals surface area (Å²) in [5.41, 5.74) is 4.99. The van der Waals surface area contributed by atoms with Gasteiger partial charge in [-0.3, -0.25) is 0 Å². The van der Waals surface area contributed by atoms with Crippen molar-refractivity contribution in [3.05, 3.63) is 0 Å². The van der Waals surface area contributed by atoms with Crippen LogP contribution in [0.4, 0.5) is 0 Å². The summed E-state index contributed by atoms with van der Waals surface area (Å²) in [4.78, 5) is 0. The van der Waals surface area contributed by atoms with E-state index in [0.717, 1.165) is 0 Å². The van der Waals surface area contributed by atoms with Gasteiger partial charge in [0, 0.05) is 0 Å². The fourth-order valence-electron chi connectivity index (χ4n) is 0.222. The standard InChI is InChI=1S/C4H8N2O/c5-2-1-4(7)3-6/h4,7H,1-2,5H2. The summed E-state index contributed by atoms with van der Waals surface area (Å²) in [5, 5.41) is 16.3. The zero-order valence-electron chi connectivity index (χ0n) is 3.96. The van der Waals surface area contributed by atoms with Gasteiger partial charge in [0.25, 0.3) is 0 Å². The van der Waals surface area contributed by atoms with Gasteiger partial charge in [0.1, 0.15) is 6.10 Å². The molecule has 0 spiro atoms. The van der Waals surface area contributed by atoms with Gasteiger partial charge >= 0.3 is 0 Å². The van der Waals surface area contributed by atoms with Crippen LogP contribution < -0.4 is 5.73 Å². The van der Waals surface area contributed by atoms with Gasteiger partial charge in [-0.25, -0.2) is 0 Å². The minimum absolute atomic E-state index is 0.370. The Morgan fingerprint density at radius 3 is 2.57 bits per heavy atom. The normalized spacial score (nSPS) is 12.7.